The maximum Gasteiger partial charge on any atom is 0.291 e. The first-order chi connectivity index (χ1) is 21.0. The highest BCUT2D eigenvalue weighted by molar-refractivity contribution is 6.10. The van der Waals surface area contributed by atoms with E-state index < -0.39 is 17.4 Å². The van der Waals surface area contributed by atoms with Crippen LogP contribution in [0.4, 0.5) is 0 Å². The Morgan fingerprint density at radius 2 is 1.42 bits per heavy atom. The lowest BCUT2D eigenvalue weighted by molar-refractivity contribution is -0.126. The Morgan fingerprint density at radius 3 is 2.05 bits per heavy atom. The van der Waals surface area contributed by atoms with Gasteiger partial charge in [-0.2, -0.15) is 0 Å². The Bertz CT molecular complexity index is 1720. The van der Waals surface area contributed by atoms with Crippen molar-refractivity contribution in [2.45, 2.75) is 5.54 Å². The van der Waals surface area contributed by atoms with Gasteiger partial charge in [0.2, 0.25) is 5.96 Å². The molecule has 0 aromatic heterocycles. The zero-order valence-corrected chi connectivity index (χ0v) is 22.9. The van der Waals surface area contributed by atoms with Crippen LogP contribution in [-0.2, 0) is 15.1 Å². The largest absolute Gasteiger partial charge is 0.497 e. The van der Waals surface area contributed by atoms with Crippen LogP contribution in [0.25, 0.3) is 11.1 Å². The summed E-state index contributed by atoms with van der Waals surface area (Å²) in [5.41, 5.74) is 10.7. The third kappa shape index (κ3) is 5.16. The fourth-order valence-electron chi connectivity index (χ4n) is 4.98. The molecule has 4 aromatic carbocycles. The molecule has 11 heteroatoms. The van der Waals surface area contributed by atoms with Gasteiger partial charge >= 0.3 is 0 Å². The van der Waals surface area contributed by atoms with Gasteiger partial charge in [-0.15, -0.1) is 5.10 Å². The first-order valence-corrected chi connectivity index (χ1v) is 13.3. The SMILES string of the molecule is COc1ccc(O/C=C(/NC(=O)c2ccccc2)C(=O)N/N=C2/NNC3(C(=O)N2)c2ccccc2-c2ccccc23)cc1. The second-order valence-corrected chi connectivity index (χ2v) is 9.59. The number of hydrazine groups is 1. The van der Waals surface area contributed by atoms with Gasteiger partial charge in [0, 0.05) is 5.56 Å². The van der Waals surface area contributed by atoms with Gasteiger partial charge in [-0.25, -0.2) is 10.9 Å². The Kier molecular flexibility index (Phi) is 7.29. The number of guanidine groups is 1. The Labute approximate surface area is 246 Å². The van der Waals surface area contributed by atoms with Crippen LogP contribution in [0.3, 0.4) is 0 Å². The number of hydrogen-bond donors (Lipinski definition) is 5. The Balaban J connectivity index is 1.20. The summed E-state index contributed by atoms with van der Waals surface area (Å²) < 4.78 is 10.8. The summed E-state index contributed by atoms with van der Waals surface area (Å²) >= 11 is 0. The molecular weight excluding hydrogens is 548 g/mol. The van der Waals surface area contributed by atoms with E-state index in [4.69, 9.17) is 9.47 Å². The third-order valence-corrected chi connectivity index (χ3v) is 7.06. The lowest BCUT2D eigenvalue weighted by Crippen LogP contribution is -2.69. The van der Waals surface area contributed by atoms with Gasteiger partial charge < -0.3 is 14.8 Å². The van der Waals surface area contributed by atoms with Crippen LogP contribution in [0.5, 0.6) is 11.5 Å². The summed E-state index contributed by atoms with van der Waals surface area (Å²) in [6.07, 6.45) is 1.10. The summed E-state index contributed by atoms with van der Waals surface area (Å²) in [6, 6.07) is 30.4. The molecule has 214 valence electrons. The molecule has 1 heterocycles. The predicted octanol–water partition coefficient (Wildman–Crippen LogP) is 2.88. The number of ether oxygens (including phenoxy) is 2. The molecule has 1 aliphatic carbocycles. The molecule has 11 nitrogen and oxygen atoms in total. The minimum absolute atomic E-state index is 0.0457. The minimum Gasteiger partial charge on any atom is -0.497 e. The van der Waals surface area contributed by atoms with Crippen molar-refractivity contribution >= 4 is 23.7 Å². The van der Waals surface area contributed by atoms with Crippen LogP contribution in [0, 0.1) is 0 Å². The van der Waals surface area contributed by atoms with Crippen LogP contribution in [-0.4, -0.2) is 30.8 Å². The van der Waals surface area contributed by atoms with Crippen LogP contribution in [0.1, 0.15) is 21.5 Å². The topological polar surface area (TPSA) is 142 Å². The van der Waals surface area contributed by atoms with Crippen molar-refractivity contribution < 1.29 is 23.9 Å². The van der Waals surface area contributed by atoms with Crippen molar-refractivity contribution in [3.8, 4) is 22.6 Å². The number of methoxy groups -OCH3 is 1. The monoisotopic (exact) mass is 574 g/mol. The second kappa shape index (κ2) is 11.5. The van der Waals surface area contributed by atoms with Gasteiger partial charge in [0.25, 0.3) is 17.7 Å². The highest BCUT2D eigenvalue weighted by Gasteiger charge is 2.51. The summed E-state index contributed by atoms with van der Waals surface area (Å²) in [5, 5.41) is 9.31. The first kappa shape index (κ1) is 27.2. The lowest BCUT2D eigenvalue weighted by Gasteiger charge is -2.36. The summed E-state index contributed by atoms with van der Waals surface area (Å²) in [6.45, 7) is 0. The van der Waals surface area contributed by atoms with Crippen LogP contribution >= 0.6 is 0 Å². The number of carbonyl (C=O) groups excluding carboxylic acids is 3. The van der Waals surface area contributed by atoms with E-state index >= 15 is 0 Å². The molecule has 6 rings (SSSR count). The van der Waals surface area contributed by atoms with Crippen molar-refractivity contribution in [3.63, 3.8) is 0 Å². The average molecular weight is 575 g/mol. The summed E-state index contributed by atoms with van der Waals surface area (Å²) in [7, 11) is 1.54. The van der Waals surface area contributed by atoms with Crippen molar-refractivity contribution in [2.75, 3.05) is 7.11 Å². The van der Waals surface area contributed by atoms with Gasteiger partial charge in [0.15, 0.2) is 5.54 Å². The fraction of sp³-hybridized carbons (Fsp3) is 0.0625. The maximum atomic E-state index is 13.6. The van der Waals surface area contributed by atoms with Gasteiger partial charge in [-0.3, -0.25) is 25.1 Å². The van der Waals surface area contributed by atoms with E-state index in [1.165, 1.54) is 0 Å². The van der Waals surface area contributed by atoms with E-state index in [1.54, 1.807) is 61.7 Å². The molecule has 0 atom stereocenters. The van der Waals surface area contributed by atoms with Crippen LogP contribution in [0.2, 0.25) is 0 Å². The Hall–Kier alpha value is -5.94. The normalized spacial score (nSPS) is 15.5. The average Bonchev–Trinajstić information content (AvgIpc) is 3.34. The molecular formula is C32H26N6O5. The van der Waals surface area contributed by atoms with E-state index in [0.29, 0.717) is 17.1 Å². The molecule has 1 fully saturated rings. The summed E-state index contributed by atoms with van der Waals surface area (Å²) in [4.78, 5) is 39.6. The van der Waals surface area contributed by atoms with E-state index in [2.05, 4.69) is 32.0 Å². The molecule has 5 N–H and O–H groups in total. The summed E-state index contributed by atoms with van der Waals surface area (Å²) in [5.74, 6) is -0.718. The molecule has 2 aliphatic rings. The van der Waals surface area contributed by atoms with Crippen molar-refractivity contribution in [2.24, 2.45) is 5.10 Å². The third-order valence-electron chi connectivity index (χ3n) is 7.06. The molecule has 0 saturated carbocycles. The highest BCUT2D eigenvalue weighted by atomic mass is 16.5. The minimum atomic E-state index is -1.20. The number of carbonyl (C=O) groups is 3. The molecule has 0 unspecified atom stereocenters. The molecule has 4 aromatic rings. The number of rotatable bonds is 7. The zero-order chi connectivity index (χ0) is 29.8. The quantitative estimate of drug-likeness (QED) is 0.130. The molecule has 0 bridgehead atoms. The molecule has 43 heavy (non-hydrogen) atoms. The lowest BCUT2D eigenvalue weighted by atomic mass is 9.86. The van der Waals surface area contributed by atoms with Gasteiger partial charge in [-0.1, -0.05) is 66.7 Å². The molecule has 1 spiro atoms. The number of hydrogen-bond acceptors (Lipinski definition) is 7. The van der Waals surface area contributed by atoms with Crippen LogP contribution in [0.15, 0.2) is 120 Å². The molecule has 1 aliphatic heterocycles. The van der Waals surface area contributed by atoms with Gasteiger partial charge in [0.05, 0.1) is 7.11 Å². The molecule has 1 saturated heterocycles. The van der Waals surface area contributed by atoms with E-state index in [-0.39, 0.29) is 17.6 Å². The number of amides is 3. The number of nitrogens with one attached hydrogen (secondary N) is 5. The smallest absolute Gasteiger partial charge is 0.291 e. The number of fused-ring (bicyclic) bond motifs is 5. The first-order valence-electron chi connectivity index (χ1n) is 13.3. The zero-order valence-electron chi connectivity index (χ0n) is 22.9. The van der Waals surface area contributed by atoms with Crippen molar-refractivity contribution in [1.82, 2.24) is 26.9 Å². The number of benzene rings is 4. The molecule has 3 amide bonds. The second-order valence-electron chi connectivity index (χ2n) is 9.59. The standard InChI is InChI=1S/C32H26N6O5/c1-42-21-15-17-22(18-16-21)43-19-27(33-28(39)20-9-3-2-4-10-20)29(40)35-36-31-34-30(41)32(38-37-31)25-13-7-5-11-23(25)24-12-6-8-14-26(24)32/h2-19,38H,1H3,(H,33,39)(H,35,40)(H2,34,36,37,41)/b27-19+. The Morgan fingerprint density at radius 1 is 0.814 bits per heavy atom. The predicted molar refractivity (Wildman–Crippen MR) is 158 cm³/mol. The van der Waals surface area contributed by atoms with E-state index in [0.717, 1.165) is 28.5 Å². The van der Waals surface area contributed by atoms with Crippen molar-refractivity contribution in [3.05, 3.63) is 132 Å². The highest BCUT2D eigenvalue weighted by Crippen LogP contribution is 2.47. The van der Waals surface area contributed by atoms with Crippen molar-refractivity contribution in [1.29, 1.82) is 0 Å². The number of hydrazone groups is 1. The number of nitrogens with zero attached hydrogens (tertiary/aromatic N) is 1. The van der Waals surface area contributed by atoms with Gasteiger partial charge in [0.1, 0.15) is 23.5 Å². The van der Waals surface area contributed by atoms with E-state index in [1.807, 2.05) is 48.5 Å². The van der Waals surface area contributed by atoms with Crippen LogP contribution < -0.4 is 36.4 Å². The van der Waals surface area contributed by atoms with E-state index in [9.17, 15) is 14.4 Å². The maximum absolute atomic E-state index is 13.6. The van der Waals surface area contributed by atoms with Gasteiger partial charge in [-0.05, 0) is 58.7 Å². The fourth-order valence-corrected chi connectivity index (χ4v) is 4.98. The molecule has 0 radical (unpaired) electrons.